The van der Waals surface area contributed by atoms with Gasteiger partial charge in [-0.1, -0.05) is 74.0 Å². The van der Waals surface area contributed by atoms with Crippen LogP contribution in [0, 0.1) is 5.92 Å². The molecule has 0 aliphatic rings. The Hall–Kier alpha value is -2.39. The Morgan fingerprint density at radius 2 is 1.66 bits per heavy atom. The molecule has 2 rings (SSSR count). The Bertz CT molecular complexity index is 1130. The lowest BCUT2D eigenvalue weighted by atomic mass is 10.0. The molecule has 2 amide bonds. The van der Waals surface area contributed by atoms with Crippen LogP contribution in [-0.2, 0) is 26.2 Å². The minimum atomic E-state index is -3.77. The monoisotopic (exact) mass is 565 g/mol. The topological polar surface area (TPSA) is 86.8 Å². The summed E-state index contributed by atoms with van der Waals surface area (Å²) in [5, 5.41) is 2.88. The van der Waals surface area contributed by atoms with Crippen molar-refractivity contribution in [3.05, 3.63) is 64.1 Å². The number of carbonyl (C=O) groups excluding carboxylic acids is 2. The number of para-hydroxylation sites is 1. The van der Waals surface area contributed by atoms with Crippen LogP contribution in [0.2, 0.25) is 0 Å². The first-order valence-corrected chi connectivity index (χ1v) is 14.3. The highest BCUT2D eigenvalue weighted by atomic mass is 79.9. The third-order valence-corrected chi connectivity index (χ3v) is 7.22. The summed E-state index contributed by atoms with van der Waals surface area (Å²) in [5.74, 6) is -0.422. The number of amides is 2. The molecule has 0 bridgehead atoms. The fourth-order valence-corrected chi connectivity index (χ4v) is 4.98. The standard InChI is InChI=1S/C26H36BrN3O4S/c1-18(2)15-28-26(32)20(5)29(16-21-10-9-11-22(27)14-21)25(31)17-30(35(6,33)34)24-13-8-7-12-23(24)19(3)4/h7-14,18-20H,15-17H2,1-6H3,(H,28,32)/t20-/m0/s1. The third kappa shape index (κ3) is 8.35. The van der Waals surface area contributed by atoms with Crippen molar-refractivity contribution in [1.82, 2.24) is 10.2 Å². The molecule has 0 unspecified atom stereocenters. The number of nitrogens with one attached hydrogen (secondary N) is 1. The first kappa shape index (κ1) is 28.8. The number of nitrogens with zero attached hydrogens (tertiary/aromatic N) is 2. The number of hydrogen-bond acceptors (Lipinski definition) is 4. The molecule has 7 nitrogen and oxygen atoms in total. The van der Waals surface area contributed by atoms with Crippen molar-refractivity contribution in [1.29, 1.82) is 0 Å². The number of benzene rings is 2. The van der Waals surface area contributed by atoms with Gasteiger partial charge in [0.2, 0.25) is 21.8 Å². The Morgan fingerprint density at radius 1 is 1.00 bits per heavy atom. The molecular formula is C26H36BrN3O4S. The van der Waals surface area contributed by atoms with E-state index in [0.717, 1.165) is 26.2 Å². The van der Waals surface area contributed by atoms with Crippen LogP contribution in [0.4, 0.5) is 5.69 Å². The van der Waals surface area contributed by atoms with Gasteiger partial charge in [0.05, 0.1) is 11.9 Å². The fraction of sp³-hybridized carbons (Fsp3) is 0.462. The average Bonchev–Trinajstić information content (AvgIpc) is 2.78. The van der Waals surface area contributed by atoms with Crippen LogP contribution in [0.25, 0.3) is 0 Å². The van der Waals surface area contributed by atoms with Gasteiger partial charge in [0, 0.05) is 17.6 Å². The van der Waals surface area contributed by atoms with Gasteiger partial charge < -0.3 is 10.2 Å². The van der Waals surface area contributed by atoms with E-state index in [1.165, 1.54) is 4.90 Å². The number of anilines is 1. The van der Waals surface area contributed by atoms with Crippen LogP contribution in [0.1, 0.15) is 51.7 Å². The van der Waals surface area contributed by atoms with E-state index in [9.17, 15) is 18.0 Å². The highest BCUT2D eigenvalue weighted by Crippen LogP contribution is 2.29. The van der Waals surface area contributed by atoms with Crippen LogP contribution in [0.5, 0.6) is 0 Å². The van der Waals surface area contributed by atoms with Gasteiger partial charge in [-0.05, 0) is 48.1 Å². The summed E-state index contributed by atoms with van der Waals surface area (Å²) in [6, 6.07) is 13.9. The lowest BCUT2D eigenvalue weighted by Gasteiger charge is -2.32. The highest BCUT2D eigenvalue weighted by Gasteiger charge is 2.31. The number of rotatable bonds is 11. The first-order valence-electron chi connectivity index (χ1n) is 11.7. The lowest BCUT2D eigenvalue weighted by molar-refractivity contribution is -0.139. The van der Waals surface area contributed by atoms with Gasteiger partial charge in [-0.25, -0.2) is 8.42 Å². The van der Waals surface area contributed by atoms with E-state index in [4.69, 9.17) is 0 Å². The predicted molar refractivity (Wildman–Crippen MR) is 145 cm³/mol. The first-order chi connectivity index (χ1) is 16.3. The zero-order chi connectivity index (χ0) is 26.3. The zero-order valence-corrected chi connectivity index (χ0v) is 23.7. The normalized spacial score (nSPS) is 12.5. The SMILES string of the molecule is CC(C)CNC(=O)[C@H](C)N(Cc1cccc(Br)c1)C(=O)CN(c1ccccc1C(C)C)S(C)(=O)=O. The molecule has 0 aromatic heterocycles. The maximum absolute atomic E-state index is 13.7. The summed E-state index contributed by atoms with van der Waals surface area (Å²) in [4.78, 5) is 28.0. The van der Waals surface area contributed by atoms with Crippen molar-refractivity contribution >= 4 is 43.5 Å². The van der Waals surface area contributed by atoms with E-state index >= 15 is 0 Å². The largest absolute Gasteiger partial charge is 0.354 e. The van der Waals surface area contributed by atoms with Crippen molar-refractivity contribution < 1.29 is 18.0 Å². The average molecular weight is 567 g/mol. The molecule has 0 aliphatic heterocycles. The fourth-order valence-electron chi connectivity index (χ4n) is 3.66. The Labute approximate surface area is 218 Å². The molecule has 1 atom stereocenters. The van der Waals surface area contributed by atoms with E-state index in [-0.39, 0.29) is 24.3 Å². The molecular weight excluding hydrogens is 530 g/mol. The van der Waals surface area contributed by atoms with Gasteiger partial charge in [0.25, 0.3) is 0 Å². The molecule has 0 saturated carbocycles. The number of hydrogen-bond donors (Lipinski definition) is 1. The number of halogens is 1. The van der Waals surface area contributed by atoms with Gasteiger partial charge in [0.15, 0.2) is 0 Å². The second kappa shape index (κ2) is 12.5. The van der Waals surface area contributed by atoms with Gasteiger partial charge in [-0.15, -0.1) is 0 Å². The minimum absolute atomic E-state index is 0.0593. The molecule has 0 spiro atoms. The maximum atomic E-state index is 13.7. The van der Waals surface area contributed by atoms with Crippen LogP contribution < -0.4 is 9.62 Å². The molecule has 1 N–H and O–H groups in total. The molecule has 0 fully saturated rings. The van der Waals surface area contributed by atoms with Crippen molar-refractivity contribution in [3.63, 3.8) is 0 Å². The molecule has 2 aromatic rings. The molecule has 9 heteroatoms. The van der Waals surface area contributed by atoms with Gasteiger partial charge in [-0.3, -0.25) is 13.9 Å². The van der Waals surface area contributed by atoms with Crippen LogP contribution in [0.15, 0.2) is 53.0 Å². The second-order valence-electron chi connectivity index (χ2n) is 9.45. The van der Waals surface area contributed by atoms with E-state index in [2.05, 4.69) is 21.2 Å². The van der Waals surface area contributed by atoms with Crippen molar-refractivity contribution in [2.24, 2.45) is 5.92 Å². The lowest BCUT2D eigenvalue weighted by Crippen LogP contribution is -2.51. The van der Waals surface area contributed by atoms with Crippen LogP contribution >= 0.6 is 15.9 Å². The van der Waals surface area contributed by atoms with Gasteiger partial charge in [-0.2, -0.15) is 0 Å². The smallest absolute Gasteiger partial charge is 0.244 e. The Balaban J connectivity index is 2.43. The summed E-state index contributed by atoms with van der Waals surface area (Å²) in [7, 11) is -3.77. The molecule has 0 heterocycles. The summed E-state index contributed by atoms with van der Waals surface area (Å²) in [6.07, 6.45) is 1.09. The van der Waals surface area contributed by atoms with Crippen LogP contribution in [0.3, 0.4) is 0 Å². The van der Waals surface area contributed by atoms with Crippen molar-refractivity contribution in [2.75, 3.05) is 23.7 Å². The van der Waals surface area contributed by atoms with Crippen LogP contribution in [-0.4, -0.2) is 50.5 Å². The summed E-state index contributed by atoms with van der Waals surface area (Å²) >= 11 is 3.44. The minimum Gasteiger partial charge on any atom is -0.354 e. The van der Waals surface area contributed by atoms with E-state index < -0.39 is 28.5 Å². The number of sulfonamides is 1. The van der Waals surface area contributed by atoms with Crippen molar-refractivity contribution in [3.8, 4) is 0 Å². The molecule has 192 valence electrons. The summed E-state index contributed by atoms with van der Waals surface area (Å²) in [6.45, 7) is 9.84. The molecule has 35 heavy (non-hydrogen) atoms. The molecule has 2 aromatic carbocycles. The van der Waals surface area contributed by atoms with E-state index in [1.807, 2.05) is 64.1 Å². The van der Waals surface area contributed by atoms with Gasteiger partial charge >= 0.3 is 0 Å². The second-order valence-corrected chi connectivity index (χ2v) is 12.3. The van der Waals surface area contributed by atoms with Gasteiger partial charge in [0.1, 0.15) is 12.6 Å². The Kier molecular flexibility index (Phi) is 10.3. The molecule has 0 saturated heterocycles. The zero-order valence-electron chi connectivity index (χ0n) is 21.3. The Morgan fingerprint density at radius 3 is 2.23 bits per heavy atom. The van der Waals surface area contributed by atoms with E-state index in [1.54, 1.807) is 19.1 Å². The maximum Gasteiger partial charge on any atom is 0.244 e. The summed E-state index contributed by atoms with van der Waals surface area (Å²) in [5.41, 5.74) is 2.12. The van der Waals surface area contributed by atoms with E-state index in [0.29, 0.717) is 12.2 Å². The predicted octanol–water partition coefficient (Wildman–Crippen LogP) is 4.53. The third-order valence-electron chi connectivity index (χ3n) is 5.60. The summed E-state index contributed by atoms with van der Waals surface area (Å²) < 4.78 is 27.6. The number of carbonyl (C=O) groups is 2. The molecule has 0 aliphatic carbocycles. The molecule has 0 radical (unpaired) electrons. The quantitative estimate of drug-likeness (QED) is 0.433. The highest BCUT2D eigenvalue weighted by molar-refractivity contribution is 9.10. The van der Waals surface area contributed by atoms with Crippen molar-refractivity contribution in [2.45, 2.75) is 53.1 Å².